The molecule has 0 aliphatic heterocycles. The number of carbonyl (C=O) groups is 2. The molecule has 2 amide bonds. The number of allylic oxidation sites excluding steroid dienone is 2. The van der Waals surface area contributed by atoms with E-state index >= 15 is 0 Å². The minimum absolute atomic E-state index is 0.0856. The molecule has 6 nitrogen and oxygen atoms in total. The molecule has 0 aliphatic rings. The van der Waals surface area contributed by atoms with Crippen LogP contribution >= 0.6 is 23.5 Å². The number of ether oxygens (including phenoxy) is 1. The maximum absolute atomic E-state index is 11.9. The maximum atomic E-state index is 11.9. The number of unbranched alkanes of at least 4 members (excludes halogenated alkanes) is 2. The topological polar surface area (TPSA) is 84.7 Å². The Balaban J connectivity index is 1.87. The molecule has 2 aromatic rings. The molecule has 0 saturated carbocycles. The smallest absolute Gasteiger partial charge is 0.248 e. The standard InChI is InChI=1S/C33H48ClN3O3S/c1-4-26(14-9-7-8-12-23-41-36-32(38)5-2)20-21-37(6-3)30-25-28(33(35)39)18-19-31(30)40-22-11-10-15-27-16-13-17-29(34)24-27/h7,9,13,16-19,24-26H,4-6,8,10-12,14-15,20-23H2,1-3H3,(H2,35,39)(H,36,38)/b9-7+/t26-/m0/s1. The van der Waals surface area contributed by atoms with Crippen LogP contribution in [0.15, 0.2) is 54.6 Å². The fraction of sp³-hybridized carbons (Fsp3) is 0.515. The molecule has 226 valence electrons. The van der Waals surface area contributed by atoms with Crippen LogP contribution < -0.4 is 20.1 Å². The number of primary amides is 1. The van der Waals surface area contributed by atoms with Crippen molar-refractivity contribution < 1.29 is 14.3 Å². The number of anilines is 1. The summed E-state index contributed by atoms with van der Waals surface area (Å²) in [6.45, 7) is 8.53. The first-order chi connectivity index (χ1) is 19.9. The van der Waals surface area contributed by atoms with Crippen molar-refractivity contribution in [3.05, 3.63) is 70.8 Å². The monoisotopic (exact) mass is 601 g/mol. The number of hydrogen-bond acceptors (Lipinski definition) is 5. The van der Waals surface area contributed by atoms with E-state index in [0.717, 1.165) is 86.7 Å². The van der Waals surface area contributed by atoms with Gasteiger partial charge in [0.2, 0.25) is 11.8 Å². The van der Waals surface area contributed by atoms with Crippen LogP contribution in [0.5, 0.6) is 5.75 Å². The lowest BCUT2D eigenvalue weighted by Gasteiger charge is -2.27. The van der Waals surface area contributed by atoms with Crippen molar-refractivity contribution in [1.29, 1.82) is 0 Å². The number of benzene rings is 2. The Morgan fingerprint density at radius 2 is 1.93 bits per heavy atom. The number of hydrogen-bond donors (Lipinski definition) is 2. The summed E-state index contributed by atoms with van der Waals surface area (Å²) in [5, 5.41) is 0.767. The summed E-state index contributed by atoms with van der Waals surface area (Å²) < 4.78 is 9.08. The fourth-order valence-corrected chi connectivity index (χ4v) is 5.44. The molecule has 2 rings (SSSR count). The number of rotatable bonds is 21. The molecule has 3 N–H and O–H groups in total. The van der Waals surface area contributed by atoms with Crippen LogP contribution in [0.1, 0.15) is 88.1 Å². The van der Waals surface area contributed by atoms with Gasteiger partial charge in [0.15, 0.2) is 0 Å². The highest BCUT2D eigenvalue weighted by Crippen LogP contribution is 2.31. The number of halogens is 1. The largest absolute Gasteiger partial charge is 0.491 e. The summed E-state index contributed by atoms with van der Waals surface area (Å²) in [4.78, 5) is 25.5. The van der Waals surface area contributed by atoms with Gasteiger partial charge in [0.1, 0.15) is 5.75 Å². The Hall–Kier alpha value is -2.64. The minimum atomic E-state index is -0.432. The average Bonchev–Trinajstić information content (AvgIpc) is 2.97. The first kappa shape index (κ1) is 34.6. The zero-order valence-electron chi connectivity index (χ0n) is 25.0. The second-order valence-electron chi connectivity index (χ2n) is 10.2. The molecule has 0 unspecified atom stereocenters. The van der Waals surface area contributed by atoms with E-state index in [0.29, 0.717) is 24.5 Å². The second kappa shape index (κ2) is 20.3. The lowest BCUT2D eigenvalue weighted by atomic mass is 9.97. The van der Waals surface area contributed by atoms with Gasteiger partial charge in [-0.15, -0.1) is 0 Å². The minimum Gasteiger partial charge on any atom is -0.491 e. The third-order valence-corrected chi connectivity index (χ3v) is 8.22. The Labute approximate surface area is 256 Å². The molecule has 0 spiro atoms. The average molecular weight is 602 g/mol. The summed E-state index contributed by atoms with van der Waals surface area (Å²) >= 11 is 7.60. The molecule has 2 aromatic carbocycles. The third kappa shape index (κ3) is 13.7. The van der Waals surface area contributed by atoms with E-state index in [9.17, 15) is 9.59 Å². The first-order valence-corrected chi connectivity index (χ1v) is 16.4. The zero-order chi connectivity index (χ0) is 29.9. The van der Waals surface area contributed by atoms with Crippen molar-refractivity contribution in [3.8, 4) is 5.75 Å². The highest BCUT2D eigenvalue weighted by Gasteiger charge is 2.16. The van der Waals surface area contributed by atoms with Crippen LogP contribution in [0.4, 0.5) is 5.69 Å². The highest BCUT2D eigenvalue weighted by atomic mass is 35.5. The molecule has 8 heteroatoms. The van der Waals surface area contributed by atoms with E-state index < -0.39 is 5.91 Å². The van der Waals surface area contributed by atoms with Gasteiger partial charge in [-0.05, 0) is 93.7 Å². The SMILES string of the molecule is CCC(=O)NSCCC/C=C/C[C@H](CC)CCN(CC)c1cc(C(N)=O)ccc1OCCCCc1cccc(Cl)c1. The Kier molecular flexibility index (Phi) is 17.1. The van der Waals surface area contributed by atoms with Crippen molar-refractivity contribution in [1.82, 2.24) is 4.72 Å². The number of carbonyl (C=O) groups excluding carboxylic acids is 2. The Morgan fingerprint density at radius 3 is 2.63 bits per heavy atom. The van der Waals surface area contributed by atoms with Gasteiger partial charge in [0.05, 0.1) is 12.3 Å². The third-order valence-electron chi connectivity index (χ3n) is 7.12. The molecule has 1 atom stereocenters. The van der Waals surface area contributed by atoms with E-state index in [1.165, 1.54) is 17.5 Å². The molecular weight excluding hydrogens is 554 g/mol. The van der Waals surface area contributed by atoms with E-state index in [2.05, 4.69) is 41.7 Å². The summed E-state index contributed by atoms with van der Waals surface area (Å²) in [5.74, 6) is 1.95. The van der Waals surface area contributed by atoms with Crippen LogP contribution in [0.3, 0.4) is 0 Å². The Bertz CT molecular complexity index is 1100. The quantitative estimate of drug-likeness (QED) is 0.0860. The maximum Gasteiger partial charge on any atom is 0.248 e. The van der Waals surface area contributed by atoms with Crippen LogP contribution in [0, 0.1) is 5.92 Å². The van der Waals surface area contributed by atoms with E-state index in [-0.39, 0.29) is 5.91 Å². The molecular formula is C33H48ClN3O3S. The van der Waals surface area contributed by atoms with Crippen molar-refractivity contribution in [3.63, 3.8) is 0 Å². The lowest BCUT2D eigenvalue weighted by Crippen LogP contribution is -2.27. The van der Waals surface area contributed by atoms with Gasteiger partial charge < -0.3 is 20.1 Å². The van der Waals surface area contributed by atoms with Gasteiger partial charge in [-0.3, -0.25) is 9.59 Å². The molecule has 0 bridgehead atoms. The number of nitrogens with one attached hydrogen (secondary N) is 1. The Morgan fingerprint density at radius 1 is 1.10 bits per heavy atom. The predicted octanol–water partition coefficient (Wildman–Crippen LogP) is 7.98. The lowest BCUT2D eigenvalue weighted by molar-refractivity contribution is -0.118. The number of nitrogens with two attached hydrogens (primary N) is 1. The van der Waals surface area contributed by atoms with Crippen molar-refractivity contribution >= 4 is 41.1 Å². The van der Waals surface area contributed by atoms with Gasteiger partial charge in [-0.2, -0.15) is 0 Å². The second-order valence-corrected chi connectivity index (χ2v) is 11.5. The van der Waals surface area contributed by atoms with Gasteiger partial charge in [0.25, 0.3) is 0 Å². The van der Waals surface area contributed by atoms with E-state index in [4.69, 9.17) is 22.1 Å². The predicted molar refractivity (Wildman–Crippen MR) is 175 cm³/mol. The molecule has 0 fully saturated rings. The molecule has 0 aromatic heterocycles. The van der Waals surface area contributed by atoms with Gasteiger partial charge in [-0.1, -0.05) is 68.1 Å². The molecule has 0 saturated heterocycles. The van der Waals surface area contributed by atoms with Crippen molar-refractivity contribution in [2.24, 2.45) is 11.7 Å². The summed E-state index contributed by atoms with van der Waals surface area (Å²) in [7, 11) is 0. The van der Waals surface area contributed by atoms with E-state index in [1.807, 2.05) is 37.3 Å². The number of aryl methyl sites for hydroxylation is 1. The number of nitrogens with zero attached hydrogens (tertiary/aromatic N) is 1. The number of amides is 2. The van der Waals surface area contributed by atoms with Gasteiger partial charge in [0, 0.05) is 35.8 Å². The highest BCUT2D eigenvalue weighted by molar-refractivity contribution is 7.97. The zero-order valence-corrected chi connectivity index (χ0v) is 26.6. The van der Waals surface area contributed by atoms with Gasteiger partial charge in [-0.25, -0.2) is 0 Å². The van der Waals surface area contributed by atoms with Crippen LogP contribution in [0.25, 0.3) is 0 Å². The normalized spacial score (nSPS) is 11.9. The summed E-state index contributed by atoms with van der Waals surface area (Å²) in [6, 6.07) is 13.5. The first-order valence-electron chi connectivity index (χ1n) is 15.0. The van der Waals surface area contributed by atoms with Crippen molar-refractivity contribution in [2.45, 2.75) is 78.6 Å². The van der Waals surface area contributed by atoms with Crippen molar-refractivity contribution in [2.75, 3.05) is 30.3 Å². The molecule has 0 radical (unpaired) electrons. The van der Waals surface area contributed by atoms with Crippen LogP contribution in [-0.2, 0) is 11.2 Å². The molecule has 41 heavy (non-hydrogen) atoms. The van der Waals surface area contributed by atoms with E-state index in [1.54, 1.807) is 6.07 Å². The molecule has 0 aliphatic carbocycles. The van der Waals surface area contributed by atoms with Crippen LogP contribution in [-0.4, -0.2) is 37.3 Å². The molecule has 0 heterocycles. The summed E-state index contributed by atoms with van der Waals surface area (Å²) in [6.07, 6.45) is 13.2. The summed E-state index contributed by atoms with van der Waals surface area (Å²) in [5.41, 5.74) is 8.27. The fourth-order valence-electron chi connectivity index (χ4n) is 4.51. The van der Waals surface area contributed by atoms with Crippen LogP contribution in [0.2, 0.25) is 5.02 Å². The van der Waals surface area contributed by atoms with Gasteiger partial charge >= 0.3 is 0 Å².